The molecule has 0 aromatic rings. The lowest BCUT2D eigenvalue weighted by Crippen LogP contribution is -2.35. The van der Waals surface area contributed by atoms with Crippen molar-refractivity contribution in [3.8, 4) is 0 Å². The van der Waals surface area contributed by atoms with Crippen LogP contribution in [0.4, 0.5) is 0 Å². The monoisotopic (exact) mass is 171 g/mol. The van der Waals surface area contributed by atoms with Crippen LogP contribution in [0.5, 0.6) is 0 Å². The van der Waals surface area contributed by atoms with Gasteiger partial charge in [0.15, 0.2) is 0 Å². The molecule has 0 bridgehead atoms. The second-order valence-corrected chi connectivity index (χ2v) is 2.72. The molecule has 2 atom stereocenters. The maximum Gasteiger partial charge on any atom is 0.385 e. The van der Waals surface area contributed by atoms with E-state index in [0.29, 0.717) is 0 Å². The molecule has 1 rings (SSSR count). The van der Waals surface area contributed by atoms with Crippen molar-refractivity contribution in [2.45, 2.75) is 12.0 Å². The topological polar surface area (TPSA) is 69.4 Å². The Hall–Kier alpha value is -1.39. The molecule has 0 aromatic carbocycles. The van der Waals surface area contributed by atoms with Crippen molar-refractivity contribution in [2.24, 2.45) is 5.92 Å². The highest BCUT2D eigenvalue weighted by Gasteiger charge is 2.72. The normalized spacial score (nSPS) is 32.2. The van der Waals surface area contributed by atoms with E-state index in [-0.39, 0.29) is 12.3 Å². The van der Waals surface area contributed by atoms with E-state index in [9.17, 15) is 14.9 Å². The Labute approximate surface area is 69.2 Å². The van der Waals surface area contributed by atoms with Crippen LogP contribution in [0.3, 0.4) is 0 Å². The molecule has 0 N–H and O–H groups in total. The molecule has 0 amide bonds. The van der Waals surface area contributed by atoms with Gasteiger partial charge < -0.3 is 4.74 Å². The van der Waals surface area contributed by atoms with Gasteiger partial charge in [0.2, 0.25) is 0 Å². The van der Waals surface area contributed by atoms with Crippen LogP contribution in [0.2, 0.25) is 0 Å². The molecule has 66 valence electrons. The molecular weight excluding hydrogens is 162 g/mol. The third-order valence-electron chi connectivity index (χ3n) is 2.13. The van der Waals surface area contributed by atoms with E-state index in [4.69, 9.17) is 0 Å². The fourth-order valence-corrected chi connectivity index (χ4v) is 1.25. The fraction of sp³-hybridized carbons (Fsp3) is 0.571. The predicted molar refractivity (Wildman–Crippen MR) is 40.0 cm³/mol. The smallest absolute Gasteiger partial charge is 0.385 e. The Kier molecular flexibility index (Phi) is 1.87. The van der Waals surface area contributed by atoms with E-state index >= 15 is 0 Å². The van der Waals surface area contributed by atoms with Crippen molar-refractivity contribution in [2.75, 3.05) is 7.11 Å². The summed E-state index contributed by atoms with van der Waals surface area (Å²) in [6.07, 6.45) is 1.62. The van der Waals surface area contributed by atoms with Crippen molar-refractivity contribution >= 4 is 5.97 Å². The van der Waals surface area contributed by atoms with Crippen LogP contribution in [-0.2, 0) is 9.53 Å². The van der Waals surface area contributed by atoms with Crippen molar-refractivity contribution < 1.29 is 14.5 Å². The van der Waals surface area contributed by atoms with Crippen LogP contribution in [0.15, 0.2) is 12.7 Å². The molecule has 0 radical (unpaired) electrons. The van der Waals surface area contributed by atoms with Crippen LogP contribution in [0, 0.1) is 16.0 Å². The second-order valence-electron chi connectivity index (χ2n) is 2.72. The van der Waals surface area contributed by atoms with E-state index in [1.54, 1.807) is 0 Å². The van der Waals surface area contributed by atoms with E-state index in [1.165, 1.54) is 6.08 Å². The van der Waals surface area contributed by atoms with E-state index in [0.717, 1.165) is 7.11 Å². The van der Waals surface area contributed by atoms with Gasteiger partial charge in [-0.2, -0.15) is 0 Å². The van der Waals surface area contributed by atoms with Crippen LogP contribution in [0.25, 0.3) is 0 Å². The van der Waals surface area contributed by atoms with Crippen molar-refractivity contribution in [1.29, 1.82) is 0 Å². The zero-order valence-electron chi connectivity index (χ0n) is 6.65. The summed E-state index contributed by atoms with van der Waals surface area (Å²) in [6, 6.07) is 0. The number of carbonyl (C=O) groups excluding carboxylic acids is 1. The fourth-order valence-electron chi connectivity index (χ4n) is 1.25. The van der Waals surface area contributed by atoms with Crippen LogP contribution >= 0.6 is 0 Å². The average molecular weight is 171 g/mol. The molecule has 12 heavy (non-hydrogen) atoms. The van der Waals surface area contributed by atoms with Crippen molar-refractivity contribution in [3.63, 3.8) is 0 Å². The molecule has 5 heteroatoms. The minimum absolute atomic E-state index is 0.205. The first-order chi connectivity index (χ1) is 5.59. The largest absolute Gasteiger partial charge is 0.464 e. The van der Waals surface area contributed by atoms with Gasteiger partial charge in [0, 0.05) is 11.3 Å². The SMILES string of the molecule is C=C[C@@H]1C[C@@]1(C(=O)OC)[N+](=O)[O-]. The highest BCUT2D eigenvalue weighted by Crippen LogP contribution is 2.47. The molecule has 0 aliphatic heterocycles. The first-order valence-electron chi connectivity index (χ1n) is 3.45. The van der Waals surface area contributed by atoms with Gasteiger partial charge in [0.1, 0.15) is 0 Å². The van der Waals surface area contributed by atoms with Crippen LogP contribution in [0.1, 0.15) is 6.42 Å². The summed E-state index contributed by atoms with van der Waals surface area (Å²) in [5.74, 6) is -1.16. The molecule has 0 aromatic heterocycles. The quantitative estimate of drug-likeness (QED) is 0.266. The lowest BCUT2D eigenvalue weighted by atomic mass is 10.2. The lowest BCUT2D eigenvalue weighted by molar-refractivity contribution is -0.528. The highest BCUT2D eigenvalue weighted by atomic mass is 16.6. The number of esters is 1. The summed E-state index contributed by atoms with van der Waals surface area (Å²) in [5.41, 5.74) is -1.53. The van der Waals surface area contributed by atoms with E-state index < -0.39 is 16.4 Å². The van der Waals surface area contributed by atoms with Gasteiger partial charge in [-0.25, -0.2) is 4.79 Å². The number of rotatable bonds is 3. The lowest BCUT2D eigenvalue weighted by Gasteiger charge is -2.04. The number of carbonyl (C=O) groups is 1. The van der Waals surface area contributed by atoms with E-state index in [2.05, 4.69) is 11.3 Å². The first-order valence-corrected chi connectivity index (χ1v) is 3.45. The summed E-state index contributed by atoms with van der Waals surface area (Å²) in [5, 5.41) is 10.5. The predicted octanol–water partition coefficient (Wildman–Crippen LogP) is 0.381. The maximum absolute atomic E-state index is 11.0. The summed E-state index contributed by atoms with van der Waals surface area (Å²) in [4.78, 5) is 20.9. The van der Waals surface area contributed by atoms with Crippen molar-refractivity contribution in [3.05, 3.63) is 22.8 Å². The molecule has 1 aliphatic carbocycles. The standard InChI is InChI=1S/C7H9NO4/c1-3-5-4-7(5,8(10)11)6(9)12-2/h3,5H,1,4H2,2H3/t5-,7-/m1/s1. The molecular formula is C7H9NO4. The Morgan fingerprint density at radius 1 is 1.92 bits per heavy atom. The second kappa shape index (κ2) is 2.58. The molecule has 1 saturated carbocycles. The molecule has 0 heterocycles. The summed E-state index contributed by atoms with van der Waals surface area (Å²) in [6.45, 7) is 3.40. The first kappa shape index (κ1) is 8.70. The van der Waals surface area contributed by atoms with Crippen molar-refractivity contribution in [1.82, 2.24) is 0 Å². The molecule has 1 aliphatic rings. The Morgan fingerprint density at radius 2 is 2.50 bits per heavy atom. The van der Waals surface area contributed by atoms with Gasteiger partial charge in [-0.3, -0.25) is 10.1 Å². The number of ether oxygens (including phenoxy) is 1. The Balaban J connectivity index is 2.85. The summed E-state index contributed by atoms with van der Waals surface area (Å²) in [7, 11) is 1.14. The third-order valence-corrected chi connectivity index (χ3v) is 2.13. The number of hydrogen-bond donors (Lipinski definition) is 0. The molecule has 0 spiro atoms. The summed E-state index contributed by atoms with van der Waals surface area (Å²) < 4.78 is 4.34. The zero-order valence-corrected chi connectivity index (χ0v) is 6.65. The van der Waals surface area contributed by atoms with Crippen LogP contribution < -0.4 is 0 Å². The average Bonchev–Trinajstić information content (AvgIpc) is 2.78. The zero-order chi connectivity index (χ0) is 9.35. The van der Waals surface area contributed by atoms with Gasteiger partial charge in [-0.05, 0) is 0 Å². The van der Waals surface area contributed by atoms with Gasteiger partial charge >= 0.3 is 11.5 Å². The third kappa shape index (κ3) is 0.895. The van der Waals surface area contributed by atoms with Gasteiger partial charge in [-0.15, -0.1) is 6.58 Å². The number of nitrogens with zero attached hydrogens (tertiary/aromatic N) is 1. The number of methoxy groups -OCH3 is 1. The Morgan fingerprint density at radius 3 is 2.75 bits per heavy atom. The highest BCUT2D eigenvalue weighted by molar-refractivity contribution is 5.83. The molecule has 0 unspecified atom stereocenters. The van der Waals surface area contributed by atoms with Crippen LogP contribution in [-0.4, -0.2) is 23.5 Å². The van der Waals surface area contributed by atoms with Gasteiger partial charge in [-0.1, -0.05) is 6.08 Å². The molecule has 1 fully saturated rings. The van der Waals surface area contributed by atoms with E-state index in [1.807, 2.05) is 0 Å². The number of hydrogen-bond acceptors (Lipinski definition) is 4. The minimum atomic E-state index is -1.53. The maximum atomic E-state index is 11.0. The Bertz CT molecular complexity index is 250. The van der Waals surface area contributed by atoms with Gasteiger partial charge in [0.05, 0.1) is 13.0 Å². The summed E-state index contributed by atoms with van der Waals surface area (Å²) >= 11 is 0. The van der Waals surface area contributed by atoms with Gasteiger partial charge in [0.25, 0.3) is 0 Å². The molecule has 0 saturated heterocycles. The minimum Gasteiger partial charge on any atom is -0.464 e. The number of nitro groups is 1. The molecule has 5 nitrogen and oxygen atoms in total.